The van der Waals surface area contributed by atoms with E-state index in [1.54, 1.807) is 25.3 Å². The molecule has 0 bridgehead atoms. The van der Waals surface area contributed by atoms with Crippen LogP contribution in [0.2, 0.25) is 5.02 Å². The second-order valence-corrected chi connectivity index (χ2v) is 5.53. The minimum absolute atomic E-state index is 0.193. The van der Waals surface area contributed by atoms with Gasteiger partial charge in [0, 0.05) is 29.2 Å². The zero-order valence-electron chi connectivity index (χ0n) is 12.2. The van der Waals surface area contributed by atoms with Crippen molar-refractivity contribution in [2.45, 2.75) is 19.5 Å². The summed E-state index contributed by atoms with van der Waals surface area (Å²) in [5, 5.41) is 13.8. The molecule has 2 heterocycles. The van der Waals surface area contributed by atoms with E-state index in [1.165, 1.54) is 0 Å². The number of hydrogen-bond donors (Lipinski definition) is 3. The van der Waals surface area contributed by atoms with Crippen LogP contribution in [0.1, 0.15) is 27.3 Å². The fourth-order valence-corrected chi connectivity index (χ4v) is 2.77. The highest BCUT2D eigenvalue weighted by molar-refractivity contribution is 6.30. The largest absolute Gasteiger partial charge is 0.496 e. The van der Waals surface area contributed by atoms with E-state index in [2.05, 4.69) is 20.8 Å². The Morgan fingerprint density at radius 3 is 3.18 bits per heavy atom. The van der Waals surface area contributed by atoms with Gasteiger partial charge in [-0.2, -0.15) is 5.10 Å². The summed E-state index contributed by atoms with van der Waals surface area (Å²) in [6.45, 7) is 1.91. The van der Waals surface area contributed by atoms with Crippen LogP contribution in [0.25, 0.3) is 0 Å². The van der Waals surface area contributed by atoms with Crippen LogP contribution in [0.4, 0.5) is 0 Å². The Bertz CT molecular complexity index is 699. The molecule has 3 rings (SSSR count). The second-order valence-electron chi connectivity index (χ2n) is 5.09. The lowest BCUT2D eigenvalue weighted by molar-refractivity contribution is 0.0944. The number of carbonyl (C=O) groups is 1. The minimum Gasteiger partial charge on any atom is -0.496 e. The van der Waals surface area contributed by atoms with Gasteiger partial charge < -0.3 is 15.4 Å². The Hall–Kier alpha value is -2.05. The summed E-state index contributed by atoms with van der Waals surface area (Å²) in [7, 11) is 1.59. The first-order valence-electron chi connectivity index (χ1n) is 7.06. The van der Waals surface area contributed by atoms with Crippen molar-refractivity contribution in [3.63, 3.8) is 0 Å². The molecular formula is C15H17ClN4O2. The van der Waals surface area contributed by atoms with Gasteiger partial charge in [-0.05, 0) is 31.2 Å². The number of amides is 1. The number of nitrogens with zero attached hydrogens (tertiary/aromatic N) is 1. The van der Waals surface area contributed by atoms with Crippen LogP contribution in [-0.2, 0) is 19.5 Å². The maximum atomic E-state index is 12.3. The maximum Gasteiger partial charge on any atom is 0.272 e. The fraction of sp³-hybridized carbons (Fsp3) is 0.333. The van der Waals surface area contributed by atoms with E-state index in [-0.39, 0.29) is 5.91 Å². The molecular weight excluding hydrogens is 304 g/mol. The summed E-state index contributed by atoms with van der Waals surface area (Å²) >= 11 is 5.99. The number of rotatable bonds is 4. The zero-order valence-corrected chi connectivity index (χ0v) is 13.0. The van der Waals surface area contributed by atoms with E-state index >= 15 is 0 Å². The van der Waals surface area contributed by atoms with Gasteiger partial charge in [0.25, 0.3) is 5.91 Å². The molecule has 6 nitrogen and oxygen atoms in total. The Morgan fingerprint density at radius 1 is 1.50 bits per heavy atom. The lowest BCUT2D eigenvalue weighted by Gasteiger charge is -2.13. The molecule has 0 fully saturated rings. The molecule has 116 valence electrons. The van der Waals surface area contributed by atoms with Gasteiger partial charge in [0.1, 0.15) is 5.75 Å². The Labute approximate surface area is 133 Å². The predicted molar refractivity (Wildman–Crippen MR) is 83.2 cm³/mol. The molecule has 2 aromatic rings. The molecule has 0 saturated heterocycles. The molecule has 0 aliphatic carbocycles. The van der Waals surface area contributed by atoms with E-state index in [1.807, 2.05) is 0 Å². The van der Waals surface area contributed by atoms with Crippen LogP contribution in [0, 0.1) is 0 Å². The topological polar surface area (TPSA) is 79.0 Å². The number of fused-ring (bicyclic) bond motifs is 1. The minimum atomic E-state index is -0.193. The first-order chi connectivity index (χ1) is 10.7. The summed E-state index contributed by atoms with van der Waals surface area (Å²) in [4.78, 5) is 12.3. The SMILES string of the molecule is COc1ccc(Cl)cc1CNC(=O)c1n[nH]c2c1CCNC2. The third-order valence-electron chi connectivity index (χ3n) is 3.70. The predicted octanol–water partition coefficient (Wildman–Crippen LogP) is 1.65. The summed E-state index contributed by atoms with van der Waals surface area (Å²) in [6.07, 6.45) is 0.801. The molecule has 1 aliphatic heterocycles. The normalized spacial score (nSPS) is 13.5. The highest BCUT2D eigenvalue weighted by Crippen LogP contribution is 2.22. The van der Waals surface area contributed by atoms with Crippen LogP contribution in [0.5, 0.6) is 5.75 Å². The molecule has 1 aromatic carbocycles. The van der Waals surface area contributed by atoms with Crippen LogP contribution in [-0.4, -0.2) is 29.8 Å². The molecule has 7 heteroatoms. The average Bonchev–Trinajstić information content (AvgIpc) is 2.97. The lowest BCUT2D eigenvalue weighted by atomic mass is 10.1. The van der Waals surface area contributed by atoms with Crippen LogP contribution < -0.4 is 15.4 Å². The number of carbonyl (C=O) groups excluding carboxylic acids is 1. The number of ether oxygens (including phenoxy) is 1. The summed E-state index contributed by atoms with van der Waals surface area (Å²) in [6, 6.07) is 5.32. The van der Waals surface area contributed by atoms with Gasteiger partial charge in [-0.25, -0.2) is 0 Å². The van der Waals surface area contributed by atoms with Gasteiger partial charge in [-0.1, -0.05) is 11.6 Å². The maximum absolute atomic E-state index is 12.3. The Kier molecular flexibility index (Phi) is 4.31. The number of H-pyrrole nitrogens is 1. The molecule has 1 amide bonds. The smallest absolute Gasteiger partial charge is 0.272 e. The van der Waals surface area contributed by atoms with Gasteiger partial charge in [0.15, 0.2) is 5.69 Å². The number of nitrogens with one attached hydrogen (secondary N) is 3. The van der Waals surface area contributed by atoms with Gasteiger partial charge in [0.05, 0.1) is 12.8 Å². The summed E-state index contributed by atoms with van der Waals surface area (Å²) in [5.74, 6) is 0.499. The quantitative estimate of drug-likeness (QED) is 0.800. The van der Waals surface area contributed by atoms with E-state index < -0.39 is 0 Å². The van der Waals surface area contributed by atoms with E-state index in [9.17, 15) is 4.79 Å². The van der Waals surface area contributed by atoms with E-state index in [0.29, 0.717) is 23.0 Å². The molecule has 0 saturated carbocycles. The van der Waals surface area contributed by atoms with Gasteiger partial charge >= 0.3 is 0 Å². The summed E-state index contributed by atoms with van der Waals surface area (Å²) in [5.41, 5.74) is 3.28. The molecule has 1 aliphatic rings. The van der Waals surface area contributed by atoms with Crippen molar-refractivity contribution in [3.8, 4) is 5.75 Å². The van der Waals surface area contributed by atoms with Crippen molar-refractivity contribution < 1.29 is 9.53 Å². The second kappa shape index (κ2) is 6.37. The van der Waals surface area contributed by atoms with Crippen molar-refractivity contribution in [1.29, 1.82) is 0 Å². The van der Waals surface area contributed by atoms with Crippen molar-refractivity contribution in [1.82, 2.24) is 20.8 Å². The molecule has 22 heavy (non-hydrogen) atoms. The highest BCUT2D eigenvalue weighted by Gasteiger charge is 2.21. The lowest BCUT2D eigenvalue weighted by Crippen LogP contribution is -2.27. The van der Waals surface area contributed by atoms with E-state index in [4.69, 9.17) is 16.3 Å². The average molecular weight is 321 g/mol. The van der Waals surface area contributed by atoms with Crippen molar-refractivity contribution in [2.75, 3.05) is 13.7 Å². The van der Waals surface area contributed by atoms with Gasteiger partial charge in [-0.3, -0.25) is 9.89 Å². The van der Waals surface area contributed by atoms with Crippen molar-refractivity contribution in [3.05, 3.63) is 45.7 Å². The molecule has 3 N–H and O–H groups in total. The zero-order chi connectivity index (χ0) is 15.5. The molecule has 0 radical (unpaired) electrons. The van der Waals surface area contributed by atoms with Gasteiger partial charge in [-0.15, -0.1) is 0 Å². The van der Waals surface area contributed by atoms with Crippen molar-refractivity contribution >= 4 is 17.5 Å². The molecule has 1 aromatic heterocycles. The van der Waals surface area contributed by atoms with Crippen LogP contribution in [0.15, 0.2) is 18.2 Å². The molecule has 0 unspecified atom stereocenters. The van der Waals surface area contributed by atoms with Crippen LogP contribution in [0.3, 0.4) is 0 Å². The Balaban J connectivity index is 1.73. The fourth-order valence-electron chi connectivity index (χ4n) is 2.58. The molecule has 0 atom stereocenters. The van der Waals surface area contributed by atoms with Gasteiger partial charge in [0.2, 0.25) is 0 Å². The monoisotopic (exact) mass is 320 g/mol. The van der Waals surface area contributed by atoms with Crippen LogP contribution >= 0.6 is 11.6 Å². The third-order valence-corrected chi connectivity index (χ3v) is 3.94. The van der Waals surface area contributed by atoms with Crippen molar-refractivity contribution in [2.24, 2.45) is 0 Å². The third kappa shape index (κ3) is 2.93. The number of benzene rings is 1. The highest BCUT2D eigenvalue weighted by atomic mass is 35.5. The number of hydrogen-bond acceptors (Lipinski definition) is 4. The number of aromatic nitrogens is 2. The Morgan fingerprint density at radius 2 is 2.36 bits per heavy atom. The number of aromatic amines is 1. The summed E-state index contributed by atoms with van der Waals surface area (Å²) < 4.78 is 5.27. The standard InChI is InChI=1S/C15H17ClN4O2/c1-22-13-3-2-10(16)6-9(13)7-18-15(21)14-11-4-5-17-8-12(11)19-20-14/h2-3,6,17H,4-5,7-8H2,1H3,(H,18,21)(H,19,20). The van der Waals surface area contributed by atoms with E-state index in [0.717, 1.165) is 36.3 Å². The number of methoxy groups -OCH3 is 1. The number of halogens is 1. The first kappa shape index (κ1) is 14.9. The molecule has 0 spiro atoms. The first-order valence-corrected chi connectivity index (χ1v) is 7.44.